The Morgan fingerprint density at radius 2 is 1.47 bits per heavy atom. The SMILES string of the molecule is CN(Cc1ccc(C#N)cc1)Cc1ccc(COc2ccc3ccc(=O)oc3c2)cc1.Cl. The summed E-state index contributed by atoms with van der Waals surface area (Å²) in [7, 11) is 2.08. The van der Waals surface area contributed by atoms with Crippen molar-refractivity contribution < 1.29 is 9.15 Å². The number of hydrogen-bond donors (Lipinski definition) is 0. The molecule has 1 aromatic heterocycles. The van der Waals surface area contributed by atoms with Crippen LogP contribution >= 0.6 is 12.4 Å². The average molecular weight is 447 g/mol. The van der Waals surface area contributed by atoms with Crippen molar-refractivity contribution in [1.82, 2.24) is 4.90 Å². The van der Waals surface area contributed by atoms with Crippen LogP contribution < -0.4 is 10.4 Å². The normalized spacial score (nSPS) is 10.5. The molecule has 6 heteroatoms. The first kappa shape index (κ1) is 23.1. The van der Waals surface area contributed by atoms with Crippen molar-refractivity contribution in [3.63, 3.8) is 0 Å². The van der Waals surface area contributed by atoms with Gasteiger partial charge in [0, 0.05) is 30.6 Å². The molecule has 0 amide bonds. The lowest BCUT2D eigenvalue weighted by molar-refractivity contribution is 0.305. The Morgan fingerprint density at radius 3 is 2.12 bits per heavy atom. The number of nitriles is 1. The highest BCUT2D eigenvalue weighted by atomic mass is 35.5. The number of rotatable bonds is 7. The first-order chi connectivity index (χ1) is 15.1. The molecule has 5 nitrogen and oxygen atoms in total. The van der Waals surface area contributed by atoms with Gasteiger partial charge in [0.05, 0.1) is 11.6 Å². The summed E-state index contributed by atoms with van der Waals surface area (Å²) >= 11 is 0. The summed E-state index contributed by atoms with van der Waals surface area (Å²) in [6.07, 6.45) is 0. The van der Waals surface area contributed by atoms with Gasteiger partial charge in [-0.3, -0.25) is 4.90 Å². The predicted octanol–water partition coefficient (Wildman–Crippen LogP) is 5.30. The van der Waals surface area contributed by atoms with Crippen LogP contribution in [0.3, 0.4) is 0 Å². The Kier molecular flexibility index (Phi) is 7.67. The molecule has 32 heavy (non-hydrogen) atoms. The fraction of sp³-hybridized carbons (Fsp3) is 0.154. The van der Waals surface area contributed by atoms with E-state index in [1.165, 1.54) is 17.2 Å². The van der Waals surface area contributed by atoms with Crippen molar-refractivity contribution in [2.24, 2.45) is 0 Å². The van der Waals surface area contributed by atoms with Crippen molar-refractivity contribution in [3.05, 3.63) is 112 Å². The summed E-state index contributed by atoms with van der Waals surface area (Å²) in [5.74, 6) is 0.660. The monoisotopic (exact) mass is 446 g/mol. The van der Waals surface area contributed by atoms with Crippen molar-refractivity contribution >= 4 is 23.4 Å². The molecule has 0 spiro atoms. The number of nitrogens with zero attached hydrogens (tertiary/aromatic N) is 2. The lowest BCUT2D eigenvalue weighted by atomic mass is 10.1. The molecule has 0 aliphatic rings. The van der Waals surface area contributed by atoms with Gasteiger partial charge in [-0.15, -0.1) is 12.4 Å². The van der Waals surface area contributed by atoms with E-state index >= 15 is 0 Å². The molecule has 0 atom stereocenters. The first-order valence-electron chi connectivity index (χ1n) is 10.0. The largest absolute Gasteiger partial charge is 0.489 e. The fourth-order valence-corrected chi connectivity index (χ4v) is 3.40. The maximum Gasteiger partial charge on any atom is 0.336 e. The number of hydrogen-bond acceptors (Lipinski definition) is 5. The summed E-state index contributed by atoms with van der Waals surface area (Å²) in [6, 6.07) is 26.8. The first-order valence-corrected chi connectivity index (χ1v) is 10.0. The molecular formula is C26H23ClN2O3. The van der Waals surface area contributed by atoms with Gasteiger partial charge in [0.1, 0.15) is 17.9 Å². The summed E-state index contributed by atoms with van der Waals surface area (Å²) in [4.78, 5) is 13.6. The molecule has 3 aromatic carbocycles. The molecule has 1 heterocycles. The highest BCUT2D eigenvalue weighted by Crippen LogP contribution is 2.20. The van der Waals surface area contributed by atoms with Crippen LogP contribution in [0.2, 0.25) is 0 Å². The molecular weight excluding hydrogens is 424 g/mol. The highest BCUT2D eigenvalue weighted by Gasteiger charge is 2.04. The molecule has 0 saturated heterocycles. The molecule has 0 aliphatic heterocycles. The summed E-state index contributed by atoms with van der Waals surface area (Å²) in [5, 5.41) is 9.76. The average Bonchev–Trinajstić information content (AvgIpc) is 2.79. The maximum absolute atomic E-state index is 11.4. The van der Waals surface area contributed by atoms with E-state index in [1.807, 2.05) is 36.4 Å². The topological polar surface area (TPSA) is 66.5 Å². The van der Waals surface area contributed by atoms with Gasteiger partial charge in [-0.05, 0) is 54.1 Å². The van der Waals surface area contributed by atoms with Crippen LogP contribution in [0.15, 0.2) is 88.1 Å². The van der Waals surface area contributed by atoms with E-state index in [1.54, 1.807) is 12.1 Å². The van der Waals surface area contributed by atoms with Gasteiger partial charge < -0.3 is 9.15 Å². The molecule has 0 radical (unpaired) electrons. The van der Waals surface area contributed by atoms with Crippen molar-refractivity contribution in [1.29, 1.82) is 5.26 Å². The van der Waals surface area contributed by atoms with Gasteiger partial charge >= 0.3 is 5.63 Å². The van der Waals surface area contributed by atoms with Crippen LogP contribution in [0.1, 0.15) is 22.3 Å². The number of halogens is 1. The highest BCUT2D eigenvalue weighted by molar-refractivity contribution is 5.85. The van der Waals surface area contributed by atoms with Crippen molar-refractivity contribution in [3.8, 4) is 11.8 Å². The van der Waals surface area contributed by atoms with Crippen LogP contribution in [0.4, 0.5) is 0 Å². The zero-order valence-electron chi connectivity index (χ0n) is 17.7. The van der Waals surface area contributed by atoms with Crippen LogP contribution in [0.25, 0.3) is 11.0 Å². The van der Waals surface area contributed by atoms with Crippen LogP contribution in [0, 0.1) is 11.3 Å². The second-order valence-electron chi connectivity index (χ2n) is 7.54. The second kappa shape index (κ2) is 10.6. The van der Waals surface area contributed by atoms with E-state index in [-0.39, 0.29) is 18.0 Å². The Balaban J connectivity index is 0.00000289. The molecule has 0 saturated carbocycles. The van der Waals surface area contributed by atoms with E-state index < -0.39 is 0 Å². The van der Waals surface area contributed by atoms with E-state index in [0.717, 1.165) is 24.0 Å². The molecule has 4 rings (SSSR count). The third-order valence-corrected chi connectivity index (χ3v) is 5.01. The molecule has 0 bridgehead atoms. The maximum atomic E-state index is 11.4. The lowest BCUT2D eigenvalue weighted by Gasteiger charge is -2.17. The van der Waals surface area contributed by atoms with Gasteiger partial charge in [-0.25, -0.2) is 4.79 Å². The zero-order valence-corrected chi connectivity index (χ0v) is 18.5. The minimum absolute atomic E-state index is 0. The Hall–Kier alpha value is -3.59. The number of ether oxygens (including phenoxy) is 1. The minimum Gasteiger partial charge on any atom is -0.489 e. The number of fused-ring (bicyclic) bond motifs is 1. The fourth-order valence-electron chi connectivity index (χ4n) is 3.40. The molecule has 4 aromatic rings. The van der Waals surface area contributed by atoms with Crippen LogP contribution in [-0.4, -0.2) is 11.9 Å². The standard InChI is InChI=1S/C26H22N2O3.ClH/c1-28(16-20-4-2-19(15-27)3-5-20)17-21-6-8-22(9-7-21)18-30-24-12-10-23-11-13-26(29)31-25(23)14-24;/h2-14H,16-18H2,1H3;1H. The molecule has 162 valence electrons. The van der Waals surface area contributed by atoms with E-state index in [2.05, 4.69) is 42.3 Å². The molecule has 0 unspecified atom stereocenters. The second-order valence-corrected chi connectivity index (χ2v) is 7.54. The van der Waals surface area contributed by atoms with Crippen molar-refractivity contribution in [2.45, 2.75) is 19.7 Å². The van der Waals surface area contributed by atoms with Crippen molar-refractivity contribution in [2.75, 3.05) is 7.05 Å². The van der Waals surface area contributed by atoms with Gasteiger partial charge in [-0.1, -0.05) is 36.4 Å². The Labute approximate surface area is 192 Å². The number of benzene rings is 3. The van der Waals surface area contributed by atoms with Crippen LogP contribution in [-0.2, 0) is 19.7 Å². The smallest absolute Gasteiger partial charge is 0.336 e. The Morgan fingerprint density at radius 1 is 0.875 bits per heavy atom. The van der Waals surface area contributed by atoms with E-state index in [0.29, 0.717) is 23.5 Å². The summed E-state index contributed by atoms with van der Waals surface area (Å²) in [6.45, 7) is 2.07. The van der Waals surface area contributed by atoms with E-state index in [9.17, 15) is 4.79 Å². The quantitative estimate of drug-likeness (QED) is 0.360. The summed E-state index contributed by atoms with van der Waals surface area (Å²) in [5.41, 5.74) is 4.28. The van der Waals surface area contributed by atoms with Gasteiger partial charge in [-0.2, -0.15) is 5.26 Å². The third kappa shape index (κ3) is 5.98. The molecule has 0 fully saturated rings. The summed E-state index contributed by atoms with van der Waals surface area (Å²) < 4.78 is 11.1. The lowest BCUT2D eigenvalue weighted by Crippen LogP contribution is -2.17. The van der Waals surface area contributed by atoms with Gasteiger partial charge in [0.15, 0.2) is 0 Å². The zero-order chi connectivity index (χ0) is 21.6. The van der Waals surface area contributed by atoms with Gasteiger partial charge in [0.25, 0.3) is 0 Å². The predicted molar refractivity (Wildman–Crippen MR) is 127 cm³/mol. The minimum atomic E-state index is -0.371. The molecule has 0 N–H and O–H groups in total. The molecule has 0 aliphatic carbocycles. The van der Waals surface area contributed by atoms with Crippen LogP contribution in [0.5, 0.6) is 5.75 Å². The third-order valence-electron chi connectivity index (χ3n) is 5.01. The van der Waals surface area contributed by atoms with E-state index in [4.69, 9.17) is 14.4 Å². The Bertz CT molecular complexity index is 1280. The van der Waals surface area contributed by atoms with Gasteiger partial charge in [0.2, 0.25) is 0 Å².